The van der Waals surface area contributed by atoms with Crippen LogP contribution in [0.25, 0.3) is 0 Å². The second-order valence-corrected chi connectivity index (χ2v) is 4.70. The molecule has 0 aliphatic carbocycles. The topological polar surface area (TPSA) is 20.3 Å². The van der Waals surface area contributed by atoms with Crippen LogP contribution in [0, 0.1) is 0 Å². The van der Waals surface area contributed by atoms with Gasteiger partial charge in [0.15, 0.2) is 0 Å². The van der Waals surface area contributed by atoms with E-state index in [-0.39, 0.29) is 5.24 Å². The number of hydrogen-bond donors (Lipinski definition) is 0. The van der Waals surface area contributed by atoms with Crippen molar-refractivity contribution in [2.45, 2.75) is 44.9 Å². The summed E-state index contributed by atoms with van der Waals surface area (Å²) in [5.74, 6) is 0. The average Bonchev–Trinajstić information content (AvgIpc) is 2.25. The first-order valence-corrected chi connectivity index (χ1v) is 5.52. The number of nitrogens with zero attached hydrogens (tertiary/aromatic N) is 1. The van der Waals surface area contributed by atoms with Crippen molar-refractivity contribution in [1.29, 1.82) is 0 Å². The van der Waals surface area contributed by atoms with E-state index < -0.39 is 0 Å². The highest BCUT2D eigenvalue weighted by Gasteiger charge is 2.33. The first kappa shape index (κ1) is 9.90. The summed E-state index contributed by atoms with van der Waals surface area (Å²) >= 11 is 1.47. The van der Waals surface area contributed by atoms with Gasteiger partial charge in [0.1, 0.15) is 0 Å². The van der Waals surface area contributed by atoms with Gasteiger partial charge in [0.2, 0.25) is 0 Å². The Morgan fingerprint density at radius 2 is 2.17 bits per heavy atom. The molecule has 1 amide bonds. The monoisotopic (exact) mass is 187 g/mol. The third-order valence-corrected chi connectivity index (χ3v) is 3.65. The quantitative estimate of drug-likeness (QED) is 0.677. The largest absolute Gasteiger partial charge is 0.330 e. The summed E-state index contributed by atoms with van der Waals surface area (Å²) in [5, 5.41) is 0.734. The lowest BCUT2D eigenvalue weighted by atomic mass is 10.2. The van der Waals surface area contributed by atoms with Crippen LogP contribution in [-0.2, 0) is 0 Å². The maximum atomic E-state index is 11.4. The first-order valence-electron chi connectivity index (χ1n) is 4.64. The standard InChI is InChI=1S/C9H17NOS/c1-4-5-6-10-7(2)8(3)12-9(10)11/h7-8H,4-6H2,1-3H3. The van der Waals surface area contributed by atoms with Gasteiger partial charge >= 0.3 is 0 Å². The van der Waals surface area contributed by atoms with Gasteiger partial charge in [0.25, 0.3) is 5.24 Å². The summed E-state index contributed by atoms with van der Waals surface area (Å²) in [6, 6.07) is 0.425. The van der Waals surface area contributed by atoms with E-state index in [1.54, 1.807) is 0 Å². The highest BCUT2D eigenvalue weighted by Crippen LogP contribution is 2.30. The van der Waals surface area contributed by atoms with Crippen LogP contribution in [0.15, 0.2) is 0 Å². The van der Waals surface area contributed by atoms with Gasteiger partial charge in [-0.1, -0.05) is 32.0 Å². The third kappa shape index (κ3) is 1.94. The Hall–Kier alpha value is -0.180. The van der Waals surface area contributed by atoms with Crippen molar-refractivity contribution in [3.8, 4) is 0 Å². The van der Waals surface area contributed by atoms with Crippen LogP contribution in [0.4, 0.5) is 4.79 Å². The molecule has 0 saturated carbocycles. The third-order valence-electron chi connectivity index (χ3n) is 2.44. The second-order valence-electron chi connectivity index (χ2n) is 3.38. The molecule has 0 radical (unpaired) electrons. The maximum absolute atomic E-state index is 11.4. The number of carbonyl (C=O) groups excluding carboxylic acids is 1. The highest BCUT2D eigenvalue weighted by atomic mass is 32.2. The zero-order valence-electron chi connectivity index (χ0n) is 8.04. The van der Waals surface area contributed by atoms with Crippen molar-refractivity contribution >= 4 is 17.0 Å². The molecule has 0 aromatic heterocycles. The lowest BCUT2D eigenvalue weighted by Crippen LogP contribution is -2.33. The van der Waals surface area contributed by atoms with Crippen LogP contribution in [0.2, 0.25) is 0 Å². The maximum Gasteiger partial charge on any atom is 0.282 e. The van der Waals surface area contributed by atoms with Crippen molar-refractivity contribution in [2.75, 3.05) is 6.54 Å². The molecule has 12 heavy (non-hydrogen) atoms. The molecule has 2 unspecified atom stereocenters. The van der Waals surface area contributed by atoms with Crippen molar-refractivity contribution in [1.82, 2.24) is 4.90 Å². The van der Waals surface area contributed by atoms with Gasteiger partial charge in [-0.2, -0.15) is 0 Å². The van der Waals surface area contributed by atoms with E-state index in [2.05, 4.69) is 20.8 Å². The molecule has 1 rings (SSSR count). The van der Waals surface area contributed by atoms with Crippen molar-refractivity contribution in [2.24, 2.45) is 0 Å². The smallest absolute Gasteiger partial charge is 0.282 e. The molecule has 0 aromatic rings. The Kier molecular flexibility index (Phi) is 3.44. The fourth-order valence-corrected chi connectivity index (χ4v) is 2.42. The molecule has 0 N–H and O–H groups in total. The molecule has 1 fully saturated rings. The molecule has 70 valence electrons. The molecule has 1 heterocycles. The number of carbonyl (C=O) groups is 1. The lowest BCUT2D eigenvalue weighted by Gasteiger charge is -2.21. The normalized spacial score (nSPS) is 29.9. The van der Waals surface area contributed by atoms with Crippen molar-refractivity contribution in [3.05, 3.63) is 0 Å². The summed E-state index contributed by atoms with van der Waals surface area (Å²) in [5.41, 5.74) is 0. The SMILES string of the molecule is CCCCN1C(=O)SC(C)C1C. The second kappa shape index (κ2) is 4.17. The van der Waals surface area contributed by atoms with E-state index >= 15 is 0 Å². The van der Waals surface area contributed by atoms with E-state index in [1.165, 1.54) is 11.8 Å². The summed E-state index contributed by atoms with van der Waals surface area (Å²) in [4.78, 5) is 13.4. The Morgan fingerprint density at radius 1 is 1.50 bits per heavy atom. The zero-order valence-corrected chi connectivity index (χ0v) is 8.86. The molecule has 0 bridgehead atoms. The minimum atomic E-state index is 0.267. The van der Waals surface area contributed by atoms with Crippen LogP contribution in [0.1, 0.15) is 33.6 Å². The molecule has 1 saturated heterocycles. The summed E-state index contributed by atoms with van der Waals surface area (Å²) in [6.45, 7) is 7.35. The van der Waals surface area contributed by atoms with Gasteiger partial charge in [0, 0.05) is 17.8 Å². The minimum Gasteiger partial charge on any atom is -0.330 e. The predicted molar refractivity (Wildman–Crippen MR) is 53.5 cm³/mol. The van der Waals surface area contributed by atoms with Gasteiger partial charge in [-0.3, -0.25) is 4.79 Å². The van der Waals surface area contributed by atoms with E-state index in [4.69, 9.17) is 0 Å². The molecule has 1 aliphatic rings. The fraction of sp³-hybridized carbons (Fsp3) is 0.889. The number of unbranched alkanes of at least 4 members (excludes halogenated alkanes) is 1. The van der Waals surface area contributed by atoms with Gasteiger partial charge in [-0.25, -0.2) is 0 Å². The number of hydrogen-bond acceptors (Lipinski definition) is 2. The molecule has 3 heteroatoms. The van der Waals surface area contributed by atoms with E-state index in [1.807, 2.05) is 4.90 Å². The van der Waals surface area contributed by atoms with E-state index in [0.717, 1.165) is 19.4 Å². The summed E-state index contributed by atoms with van der Waals surface area (Å²) in [6.07, 6.45) is 2.29. The molecule has 1 aliphatic heterocycles. The number of amides is 1. The van der Waals surface area contributed by atoms with Crippen LogP contribution < -0.4 is 0 Å². The lowest BCUT2D eigenvalue weighted by molar-refractivity contribution is 0.210. The average molecular weight is 187 g/mol. The van der Waals surface area contributed by atoms with Crippen molar-refractivity contribution in [3.63, 3.8) is 0 Å². The van der Waals surface area contributed by atoms with Crippen LogP contribution in [0.5, 0.6) is 0 Å². The Morgan fingerprint density at radius 3 is 2.58 bits per heavy atom. The zero-order chi connectivity index (χ0) is 9.14. The molecular formula is C9H17NOS. The Balaban J connectivity index is 2.46. The first-order chi connectivity index (χ1) is 5.66. The Labute approximate surface area is 78.7 Å². The number of thioether (sulfide) groups is 1. The van der Waals surface area contributed by atoms with Crippen LogP contribution in [0.3, 0.4) is 0 Å². The fourth-order valence-electron chi connectivity index (χ4n) is 1.37. The van der Waals surface area contributed by atoms with Gasteiger partial charge in [0.05, 0.1) is 0 Å². The van der Waals surface area contributed by atoms with E-state index in [0.29, 0.717) is 11.3 Å². The van der Waals surface area contributed by atoms with Crippen LogP contribution >= 0.6 is 11.8 Å². The van der Waals surface area contributed by atoms with Gasteiger partial charge in [-0.05, 0) is 13.3 Å². The van der Waals surface area contributed by atoms with Crippen LogP contribution in [-0.4, -0.2) is 28.0 Å². The molecule has 0 aromatic carbocycles. The number of rotatable bonds is 3. The molecular weight excluding hydrogens is 170 g/mol. The van der Waals surface area contributed by atoms with Crippen molar-refractivity contribution < 1.29 is 4.79 Å². The Bertz CT molecular complexity index is 172. The highest BCUT2D eigenvalue weighted by molar-refractivity contribution is 8.14. The predicted octanol–water partition coefficient (Wildman–Crippen LogP) is 2.73. The van der Waals surface area contributed by atoms with Gasteiger partial charge in [-0.15, -0.1) is 0 Å². The summed E-state index contributed by atoms with van der Waals surface area (Å²) < 4.78 is 0. The molecule has 2 atom stereocenters. The van der Waals surface area contributed by atoms with Gasteiger partial charge < -0.3 is 4.90 Å². The molecule has 0 spiro atoms. The molecule has 2 nitrogen and oxygen atoms in total. The minimum absolute atomic E-state index is 0.267. The van der Waals surface area contributed by atoms with E-state index in [9.17, 15) is 4.79 Å². The summed E-state index contributed by atoms with van der Waals surface area (Å²) in [7, 11) is 0.